The Morgan fingerprint density at radius 3 is 2.40 bits per heavy atom. The van der Waals surface area contributed by atoms with Gasteiger partial charge in [-0.1, -0.05) is 17.7 Å². The third-order valence-electron chi connectivity index (χ3n) is 2.67. The summed E-state index contributed by atoms with van der Waals surface area (Å²) in [5.41, 5.74) is 1.02. The molecule has 0 unspecified atom stereocenters. The van der Waals surface area contributed by atoms with Crippen molar-refractivity contribution in [2.45, 2.75) is 6.92 Å². The standard InChI is InChI=1S/C14H10ClNO4/c1-9-2-7-12(8-13(9)15)20-14(17)10-3-5-11(6-4-10)16(18)19/h2-8H,1H3. The maximum absolute atomic E-state index is 11.9. The first-order chi connectivity index (χ1) is 9.47. The molecule has 2 aromatic carbocycles. The SMILES string of the molecule is Cc1ccc(OC(=O)c2ccc([N+](=O)[O-])cc2)cc1Cl. The number of carbonyl (C=O) groups is 1. The molecule has 0 fully saturated rings. The molecule has 0 aliphatic carbocycles. The lowest BCUT2D eigenvalue weighted by Crippen LogP contribution is -2.08. The highest BCUT2D eigenvalue weighted by atomic mass is 35.5. The van der Waals surface area contributed by atoms with Crippen molar-refractivity contribution in [2.75, 3.05) is 0 Å². The average Bonchev–Trinajstić information content (AvgIpc) is 2.43. The van der Waals surface area contributed by atoms with Crippen LogP contribution in [0.15, 0.2) is 42.5 Å². The predicted molar refractivity (Wildman–Crippen MR) is 74.2 cm³/mol. The second-order valence-corrected chi connectivity index (χ2v) is 4.51. The summed E-state index contributed by atoms with van der Waals surface area (Å²) in [5.74, 6) is -0.274. The van der Waals surface area contributed by atoms with E-state index in [0.717, 1.165) is 5.56 Å². The van der Waals surface area contributed by atoms with E-state index in [1.807, 2.05) is 6.92 Å². The number of carbonyl (C=O) groups excluding carboxylic acids is 1. The van der Waals surface area contributed by atoms with Gasteiger partial charge in [-0.3, -0.25) is 10.1 Å². The van der Waals surface area contributed by atoms with Gasteiger partial charge in [0.1, 0.15) is 5.75 Å². The van der Waals surface area contributed by atoms with Gasteiger partial charge >= 0.3 is 5.97 Å². The van der Waals surface area contributed by atoms with Crippen LogP contribution in [0.4, 0.5) is 5.69 Å². The number of nitrogens with zero attached hydrogens (tertiary/aromatic N) is 1. The minimum Gasteiger partial charge on any atom is -0.423 e. The normalized spacial score (nSPS) is 10.1. The Morgan fingerprint density at radius 1 is 1.20 bits per heavy atom. The quantitative estimate of drug-likeness (QED) is 0.373. The summed E-state index contributed by atoms with van der Waals surface area (Å²) in [6, 6.07) is 10.1. The first kappa shape index (κ1) is 14.0. The molecule has 0 aliphatic heterocycles. The fraction of sp³-hybridized carbons (Fsp3) is 0.0714. The van der Waals surface area contributed by atoms with Crippen molar-refractivity contribution >= 4 is 23.3 Å². The molecule has 0 bridgehead atoms. The molecular formula is C14H10ClNO4. The lowest BCUT2D eigenvalue weighted by molar-refractivity contribution is -0.384. The van der Waals surface area contributed by atoms with E-state index in [1.54, 1.807) is 18.2 Å². The summed E-state index contributed by atoms with van der Waals surface area (Å²) in [7, 11) is 0. The number of halogens is 1. The van der Waals surface area contributed by atoms with Crippen LogP contribution in [0.25, 0.3) is 0 Å². The number of nitro benzene ring substituents is 1. The topological polar surface area (TPSA) is 69.4 Å². The van der Waals surface area contributed by atoms with E-state index in [4.69, 9.17) is 16.3 Å². The first-order valence-corrected chi connectivity index (χ1v) is 6.08. The fourth-order valence-corrected chi connectivity index (χ4v) is 1.69. The van der Waals surface area contributed by atoms with Gasteiger partial charge < -0.3 is 4.74 Å². The van der Waals surface area contributed by atoms with Gasteiger partial charge in [-0.2, -0.15) is 0 Å². The van der Waals surface area contributed by atoms with Gasteiger partial charge in [0, 0.05) is 17.2 Å². The second-order valence-electron chi connectivity index (χ2n) is 4.10. The van der Waals surface area contributed by atoms with Gasteiger partial charge in [-0.15, -0.1) is 0 Å². The highest BCUT2D eigenvalue weighted by Gasteiger charge is 2.12. The molecule has 0 aromatic heterocycles. The molecule has 0 atom stereocenters. The summed E-state index contributed by atoms with van der Waals surface area (Å²) in [6.45, 7) is 1.84. The van der Waals surface area contributed by atoms with Crippen LogP contribution in [0.1, 0.15) is 15.9 Å². The number of non-ortho nitro benzene ring substituents is 1. The third-order valence-corrected chi connectivity index (χ3v) is 3.07. The molecule has 0 saturated heterocycles. The molecule has 0 radical (unpaired) electrons. The molecule has 0 spiro atoms. The van der Waals surface area contributed by atoms with E-state index in [2.05, 4.69) is 0 Å². The molecule has 0 amide bonds. The lowest BCUT2D eigenvalue weighted by Gasteiger charge is -2.05. The van der Waals surface area contributed by atoms with Gasteiger partial charge in [0.2, 0.25) is 0 Å². The van der Waals surface area contributed by atoms with Crippen LogP contribution >= 0.6 is 11.6 Å². The molecular weight excluding hydrogens is 282 g/mol. The Balaban J connectivity index is 2.15. The molecule has 2 rings (SSSR count). The molecule has 5 nitrogen and oxygen atoms in total. The smallest absolute Gasteiger partial charge is 0.343 e. The zero-order chi connectivity index (χ0) is 14.7. The number of hydrogen-bond donors (Lipinski definition) is 0. The van der Waals surface area contributed by atoms with Crippen molar-refractivity contribution < 1.29 is 14.5 Å². The highest BCUT2D eigenvalue weighted by molar-refractivity contribution is 6.31. The Morgan fingerprint density at radius 2 is 1.85 bits per heavy atom. The minimum atomic E-state index is -0.597. The van der Waals surface area contributed by atoms with Crippen LogP contribution in [0, 0.1) is 17.0 Å². The van der Waals surface area contributed by atoms with Crippen LogP contribution < -0.4 is 4.74 Å². The fourth-order valence-electron chi connectivity index (χ4n) is 1.52. The Bertz CT molecular complexity index is 667. The maximum Gasteiger partial charge on any atom is 0.343 e. The van der Waals surface area contributed by atoms with E-state index in [9.17, 15) is 14.9 Å². The van der Waals surface area contributed by atoms with Crippen LogP contribution in [0.5, 0.6) is 5.75 Å². The van der Waals surface area contributed by atoms with Crippen molar-refractivity contribution in [1.82, 2.24) is 0 Å². The summed E-state index contributed by atoms with van der Waals surface area (Å²) in [6.07, 6.45) is 0. The van der Waals surface area contributed by atoms with Crippen LogP contribution in [-0.4, -0.2) is 10.9 Å². The van der Waals surface area contributed by atoms with Crippen LogP contribution in [-0.2, 0) is 0 Å². The summed E-state index contributed by atoms with van der Waals surface area (Å²) >= 11 is 5.93. The molecule has 0 N–H and O–H groups in total. The monoisotopic (exact) mass is 291 g/mol. The van der Waals surface area contributed by atoms with Gasteiger partial charge in [0.05, 0.1) is 10.5 Å². The Labute approximate surface area is 119 Å². The number of benzene rings is 2. The van der Waals surface area contributed by atoms with Crippen molar-refractivity contribution in [3.8, 4) is 5.75 Å². The van der Waals surface area contributed by atoms with Crippen molar-refractivity contribution in [3.63, 3.8) is 0 Å². The van der Waals surface area contributed by atoms with E-state index in [-0.39, 0.29) is 11.3 Å². The Kier molecular flexibility index (Phi) is 4.00. The molecule has 20 heavy (non-hydrogen) atoms. The Hall–Kier alpha value is -2.40. The number of aryl methyl sites for hydroxylation is 1. The third kappa shape index (κ3) is 3.13. The average molecular weight is 292 g/mol. The highest BCUT2D eigenvalue weighted by Crippen LogP contribution is 2.22. The zero-order valence-electron chi connectivity index (χ0n) is 10.5. The molecule has 102 valence electrons. The molecule has 0 aliphatic rings. The number of hydrogen-bond acceptors (Lipinski definition) is 4. The number of esters is 1. The van der Waals surface area contributed by atoms with Gasteiger partial charge in [-0.05, 0) is 36.8 Å². The number of rotatable bonds is 3. The maximum atomic E-state index is 11.9. The largest absolute Gasteiger partial charge is 0.423 e. The number of nitro groups is 1. The van der Waals surface area contributed by atoms with Gasteiger partial charge in [-0.25, -0.2) is 4.79 Å². The van der Waals surface area contributed by atoms with Crippen molar-refractivity contribution in [3.05, 3.63) is 68.7 Å². The van der Waals surface area contributed by atoms with Crippen LogP contribution in [0.3, 0.4) is 0 Å². The number of ether oxygens (including phenoxy) is 1. The second kappa shape index (κ2) is 5.71. The predicted octanol–water partition coefficient (Wildman–Crippen LogP) is 3.78. The van der Waals surface area contributed by atoms with Crippen molar-refractivity contribution in [1.29, 1.82) is 0 Å². The van der Waals surface area contributed by atoms with E-state index in [0.29, 0.717) is 10.8 Å². The first-order valence-electron chi connectivity index (χ1n) is 5.70. The molecule has 2 aromatic rings. The lowest BCUT2D eigenvalue weighted by atomic mass is 10.2. The summed E-state index contributed by atoms with van der Waals surface area (Å²) < 4.78 is 5.14. The van der Waals surface area contributed by atoms with Crippen molar-refractivity contribution in [2.24, 2.45) is 0 Å². The van der Waals surface area contributed by atoms with E-state index >= 15 is 0 Å². The van der Waals surface area contributed by atoms with Gasteiger partial charge in [0.15, 0.2) is 0 Å². The van der Waals surface area contributed by atoms with Crippen LogP contribution in [0.2, 0.25) is 5.02 Å². The summed E-state index contributed by atoms with van der Waals surface area (Å²) in [4.78, 5) is 21.8. The minimum absolute atomic E-state index is 0.0834. The molecule has 0 heterocycles. The van der Waals surface area contributed by atoms with Gasteiger partial charge in [0.25, 0.3) is 5.69 Å². The summed E-state index contributed by atoms with van der Waals surface area (Å²) in [5, 5.41) is 11.0. The molecule has 6 heteroatoms. The van der Waals surface area contributed by atoms with E-state index in [1.165, 1.54) is 24.3 Å². The molecule has 0 saturated carbocycles. The zero-order valence-corrected chi connectivity index (χ0v) is 11.3. The van der Waals surface area contributed by atoms with E-state index < -0.39 is 10.9 Å².